The third-order valence-electron chi connectivity index (χ3n) is 3.38. The van der Waals surface area contributed by atoms with Crippen LogP contribution in [0.2, 0.25) is 5.02 Å². The lowest BCUT2D eigenvalue weighted by Crippen LogP contribution is -2.11. The molecule has 6 nitrogen and oxygen atoms in total. The number of nitro groups is 1. The zero-order chi connectivity index (χ0) is 20.2. The maximum Gasteiger partial charge on any atom is 0.416 e. The van der Waals surface area contributed by atoms with Gasteiger partial charge in [-0.2, -0.15) is 13.2 Å². The lowest BCUT2D eigenvalue weighted by Gasteiger charge is -2.10. The summed E-state index contributed by atoms with van der Waals surface area (Å²) >= 11 is 5.80. The molecule has 0 bridgehead atoms. The summed E-state index contributed by atoms with van der Waals surface area (Å²) in [7, 11) is 1.28. The fourth-order valence-electron chi connectivity index (χ4n) is 2.10. The maximum absolute atomic E-state index is 12.7. The summed E-state index contributed by atoms with van der Waals surface area (Å²) in [6.45, 7) is 0. The highest BCUT2D eigenvalue weighted by atomic mass is 35.5. The Morgan fingerprint density at radius 1 is 1.26 bits per heavy atom. The fourth-order valence-corrected chi connectivity index (χ4v) is 2.26. The minimum Gasteiger partial charge on any atom is -0.490 e. The Labute approximate surface area is 156 Å². The maximum atomic E-state index is 12.7. The molecule has 2 aromatic carbocycles. The largest absolute Gasteiger partial charge is 0.490 e. The van der Waals surface area contributed by atoms with Crippen LogP contribution in [0.25, 0.3) is 6.08 Å². The number of halogens is 4. The van der Waals surface area contributed by atoms with Crippen LogP contribution >= 0.6 is 11.6 Å². The van der Waals surface area contributed by atoms with Gasteiger partial charge in [0.15, 0.2) is 5.75 Å². The summed E-state index contributed by atoms with van der Waals surface area (Å²) in [5, 5.41) is 13.1. The molecule has 0 saturated carbocycles. The standard InChI is InChI=1S/C17H12ClF3N2O4/c1-27-15-6-2-10(8-14(15)23(25)26)3-7-16(24)22-13-9-11(17(19,20)21)4-5-12(13)18/h2-9H,1H3,(H,22,24)/b7-3+. The monoisotopic (exact) mass is 400 g/mol. The molecule has 27 heavy (non-hydrogen) atoms. The van der Waals surface area contributed by atoms with Crippen LogP contribution in [0.1, 0.15) is 11.1 Å². The van der Waals surface area contributed by atoms with E-state index in [2.05, 4.69) is 5.32 Å². The number of hydrogen-bond acceptors (Lipinski definition) is 4. The van der Waals surface area contributed by atoms with Crippen LogP contribution in [0.4, 0.5) is 24.5 Å². The first-order valence-corrected chi connectivity index (χ1v) is 7.68. The van der Waals surface area contributed by atoms with Gasteiger partial charge in [0.1, 0.15) is 0 Å². The number of alkyl halides is 3. The zero-order valence-electron chi connectivity index (χ0n) is 13.7. The van der Waals surface area contributed by atoms with Crippen molar-refractivity contribution in [2.45, 2.75) is 6.18 Å². The molecule has 0 saturated heterocycles. The van der Waals surface area contributed by atoms with E-state index in [4.69, 9.17) is 16.3 Å². The van der Waals surface area contributed by atoms with Gasteiger partial charge in [-0.15, -0.1) is 0 Å². The van der Waals surface area contributed by atoms with E-state index in [-0.39, 0.29) is 22.1 Å². The molecule has 2 aromatic rings. The molecule has 142 valence electrons. The van der Waals surface area contributed by atoms with E-state index in [1.807, 2.05) is 0 Å². The Bertz CT molecular complexity index is 914. The highest BCUT2D eigenvalue weighted by Crippen LogP contribution is 2.34. The van der Waals surface area contributed by atoms with Gasteiger partial charge < -0.3 is 10.1 Å². The fraction of sp³-hybridized carbons (Fsp3) is 0.118. The van der Waals surface area contributed by atoms with Gasteiger partial charge in [0.2, 0.25) is 5.91 Å². The van der Waals surface area contributed by atoms with E-state index < -0.39 is 22.6 Å². The van der Waals surface area contributed by atoms with E-state index in [0.717, 1.165) is 18.2 Å². The second-order valence-corrected chi connectivity index (χ2v) is 5.61. The molecule has 0 aliphatic heterocycles. The summed E-state index contributed by atoms with van der Waals surface area (Å²) in [4.78, 5) is 22.3. The first-order valence-electron chi connectivity index (χ1n) is 7.30. The Morgan fingerprint density at radius 2 is 1.96 bits per heavy atom. The molecule has 0 aliphatic rings. The van der Waals surface area contributed by atoms with Crippen LogP contribution < -0.4 is 10.1 Å². The molecule has 0 aliphatic carbocycles. The zero-order valence-corrected chi connectivity index (χ0v) is 14.5. The average Bonchev–Trinajstić information content (AvgIpc) is 2.60. The molecule has 2 rings (SSSR count). The van der Waals surface area contributed by atoms with Crippen LogP contribution in [0.3, 0.4) is 0 Å². The molecule has 0 fully saturated rings. The van der Waals surface area contributed by atoms with Gasteiger partial charge in [0.05, 0.1) is 28.3 Å². The molecule has 1 amide bonds. The normalized spacial score (nSPS) is 11.4. The molecule has 1 N–H and O–H groups in total. The van der Waals surface area contributed by atoms with Crippen molar-refractivity contribution in [2.24, 2.45) is 0 Å². The summed E-state index contributed by atoms with van der Waals surface area (Å²) in [6.07, 6.45) is -2.30. The number of amides is 1. The molecular formula is C17H12ClF3N2O4. The number of nitrogens with one attached hydrogen (secondary N) is 1. The smallest absolute Gasteiger partial charge is 0.416 e. The number of hydrogen-bond donors (Lipinski definition) is 1. The Morgan fingerprint density at radius 3 is 2.56 bits per heavy atom. The van der Waals surface area contributed by atoms with Gasteiger partial charge in [-0.1, -0.05) is 17.7 Å². The van der Waals surface area contributed by atoms with Crippen LogP contribution in [-0.2, 0) is 11.0 Å². The average molecular weight is 401 g/mol. The van der Waals surface area contributed by atoms with Crippen molar-refractivity contribution in [1.29, 1.82) is 0 Å². The molecule has 0 aromatic heterocycles. The number of ether oxygens (including phenoxy) is 1. The summed E-state index contributed by atoms with van der Waals surface area (Å²) in [5.41, 5.74) is -1.13. The van der Waals surface area contributed by atoms with Crippen molar-refractivity contribution in [1.82, 2.24) is 0 Å². The number of nitrogens with zero attached hydrogens (tertiary/aromatic N) is 1. The van der Waals surface area contributed by atoms with Crippen LogP contribution in [0.15, 0.2) is 42.5 Å². The molecule has 0 atom stereocenters. The minimum absolute atomic E-state index is 0.0531. The molecule has 0 radical (unpaired) electrons. The Hall–Kier alpha value is -3.07. The third-order valence-corrected chi connectivity index (χ3v) is 3.71. The second kappa shape index (κ2) is 8.09. The van der Waals surface area contributed by atoms with Crippen molar-refractivity contribution >= 4 is 35.0 Å². The van der Waals surface area contributed by atoms with Crippen molar-refractivity contribution in [3.05, 3.63) is 68.7 Å². The van der Waals surface area contributed by atoms with E-state index in [9.17, 15) is 28.1 Å². The van der Waals surface area contributed by atoms with Gasteiger partial charge in [0, 0.05) is 12.1 Å². The number of nitro benzene ring substituents is 1. The highest BCUT2D eigenvalue weighted by molar-refractivity contribution is 6.33. The van der Waals surface area contributed by atoms with Crippen LogP contribution in [-0.4, -0.2) is 17.9 Å². The van der Waals surface area contributed by atoms with Crippen molar-refractivity contribution in [3.8, 4) is 5.75 Å². The van der Waals surface area contributed by atoms with Crippen LogP contribution in [0, 0.1) is 10.1 Å². The predicted octanol–water partition coefficient (Wildman–Crippen LogP) is 4.93. The minimum atomic E-state index is -4.58. The molecular weight excluding hydrogens is 389 g/mol. The lowest BCUT2D eigenvalue weighted by molar-refractivity contribution is -0.385. The Balaban J connectivity index is 2.19. The van der Waals surface area contributed by atoms with Crippen molar-refractivity contribution < 1.29 is 27.6 Å². The predicted molar refractivity (Wildman–Crippen MR) is 93.8 cm³/mol. The van der Waals surface area contributed by atoms with Crippen LogP contribution in [0.5, 0.6) is 5.75 Å². The molecule has 0 unspecified atom stereocenters. The number of rotatable bonds is 5. The molecule has 10 heteroatoms. The number of methoxy groups -OCH3 is 1. The SMILES string of the molecule is COc1ccc(/C=C/C(=O)Nc2cc(C(F)(F)F)ccc2Cl)cc1[N+](=O)[O-]. The number of benzene rings is 2. The number of carbonyl (C=O) groups is 1. The first-order chi connectivity index (χ1) is 12.6. The highest BCUT2D eigenvalue weighted by Gasteiger charge is 2.31. The van der Waals surface area contributed by atoms with E-state index in [1.54, 1.807) is 0 Å². The van der Waals surface area contributed by atoms with Gasteiger partial charge in [-0.25, -0.2) is 0 Å². The van der Waals surface area contributed by atoms with Gasteiger partial charge in [-0.05, 0) is 35.9 Å². The van der Waals surface area contributed by atoms with Crippen molar-refractivity contribution in [3.63, 3.8) is 0 Å². The lowest BCUT2D eigenvalue weighted by atomic mass is 10.1. The van der Waals surface area contributed by atoms with E-state index >= 15 is 0 Å². The second-order valence-electron chi connectivity index (χ2n) is 5.20. The van der Waals surface area contributed by atoms with E-state index in [0.29, 0.717) is 11.6 Å². The molecule has 0 heterocycles. The number of anilines is 1. The molecule has 0 spiro atoms. The van der Waals surface area contributed by atoms with Gasteiger partial charge >= 0.3 is 11.9 Å². The summed E-state index contributed by atoms with van der Waals surface area (Å²) in [6, 6.07) is 6.57. The quantitative estimate of drug-likeness (QED) is 0.438. The summed E-state index contributed by atoms with van der Waals surface area (Å²) < 4.78 is 43.1. The van der Waals surface area contributed by atoms with Gasteiger partial charge in [-0.3, -0.25) is 14.9 Å². The summed E-state index contributed by atoms with van der Waals surface area (Å²) in [5.74, 6) is -0.702. The van der Waals surface area contributed by atoms with Gasteiger partial charge in [0.25, 0.3) is 0 Å². The Kier molecular flexibility index (Phi) is 6.06. The topological polar surface area (TPSA) is 81.5 Å². The van der Waals surface area contributed by atoms with Crippen molar-refractivity contribution in [2.75, 3.05) is 12.4 Å². The number of carbonyl (C=O) groups excluding carboxylic acids is 1. The third kappa shape index (κ3) is 5.20. The first kappa shape index (κ1) is 20.2. The van der Waals surface area contributed by atoms with E-state index in [1.165, 1.54) is 31.4 Å².